The van der Waals surface area contributed by atoms with Crippen LogP contribution in [0.25, 0.3) is 0 Å². The molecule has 1 saturated carbocycles. The topological polar surface area (TPSA) is 73.8 Å². The van der Waals surface area contributed by atoms with Crippen LogP contribution in [0.1, 0.15) is 51.9 Å². The molecule has 0 saturated heterocycles. The van der Waals surface area contributed by atoms with Gasteiger partial charge in [-0.05, 0) is 46.2 Å². The van der Waals surface area contributed by atoms with E-state index >= 15 is 0 Å². The molecular formula is C17H37IN4O2S. The first kappa shape index (κ1) is 24.9. The van der Waals surface area contributed by atoms with Crippen molar-refractivity contribution in [3.05, 3.63) is 0 Å². The van der Waals surface area contributed by atoms with Gasteiger partial charge in [-0.3, -0.25) is 4.99 Å². The van der Waals surface area contributed by atoms with Crippen molar-refractivity contribution < 1.29 is 8.42 Å². The van der Waals surface area contributed by atoms with Gasteiger partial charge in [0.25, 0.3) is 0 Å². The Kier molecular flexibility index (Phi) is 13.1. The molecule has 1 rings (SSSR count). The van der Waals surface area contributed by atoms with E-state index in [1.54, 1.807) is 7.05 Å². The van der Waals surface area contributed by atoms with Crippen LogP contribution in [-0.4, -0.2) is 70.6 Å². The molecule has 2 N–H and O–H groups in total. The van der Waals surface area contributed by atoms with Crippen LogP contribution in [0.15, 0.2) is 4.99 Å². The van der Waals surface area contributed by atoms with Crippen LogP contribution in [-0.2, 0) is 9.84 Å². The third-order valence-electron chi connectivity index (χ3n) is 4.71. The van der Waals surface area contributed by atoms with Crippen molar-refractivity contribution in [2.45, 2.75) is 64.0 Å². The Bertz CT molecular complexity index is 479. The minimum Gasteiger partial charge on any atom is -0.356 e. The quantitative estimate of drug-likeness (QED) is 0.226. The second-order valence-corrected chi connectivity index (χ2v) is 9.35. The molecule has 1 atom stereocenters. The summed E-state index contributed by atoms with van der Waals surface area (Å²) in [6, 6.07) is 0.836. The van der Waals surface area contributed by atoms with Gasteiger partial charge in [-0.15, -0.1) is 24.0 Å². The number of guanidine groups is 1. The average molecular weight is 488 g/mol. The second kappa shape index (κ2) is 13.1. The summed E-state index contributed by atoms with van der Waals surface area (Å²) in [7, 11) is 1.07. The van der Waals surface area contributed by atoms with Crippen molar-refractivity contribution >= 4 is 39.8 Å². The fourth-order valence-electron chi connectivity index (χ4n) is 3.13. The first-order chi connectivity index (χ1) is 11.3. The number of hydrogen-bond donors (Lipinski definition) is 2. The zero-order chi connectivity index (χ0) is 18.0. The van der Waals surface area contributed by atoms with Crippen molar-refractivity contribution in [3.63, 3.8) is 0 Å². The summed E-state index contributed by atoms with van der Waals surface area (Å²) < 4.78 is 22.4. The molecule has 8 heteroatoms. The van der Waals surface area contributed by atoms with Gasteiger partial charge >= 0.3 is 0 Å². The first-order valence-electron chi connectivity index (χ1n) is 9.17. The SMILES string of the molecule is CN=C(NCCCN(C)C1CCCCC1)NC(C)CCS(C)(=O)=O.I. The van der Waals surface area contributed by atoms with E-state index in [0.29, 0.717) is 6.42 Å². The molecule has 0 aliphatic heterocycles. The lowest BCUT2D eigenvalue weighted by atomic mass is 9.94. The van der Waals surface area contributed by atoms with E-state index in [1.807, 2.05) is 6.92 Å². The summed E-state index contributed by atoms with van der Waals surface area (Å²) in [6.45, 7) is 3.95. The van der Waals surface area contributed by atoms with Gasteiger partial charge in [-0.1, -0.05) is 19.3 Å². The smallest absolute Gasteiger partial charge is 0.191 e. The molecule has 0 heterocycles. The van der Waals surface area contributed by atoms with Crippen LogP contribution < -0.4 is 10.6 Å². The van der Waals surface area contributed by atoms with E-state index < -0.39 is 9.84 Å². The van der Waals surface area contributed by atoms with Gasteiger partial charge in [-0.2, -0.15) is 0 Å². The van der Waals surface area contributed by atoms with E-state index in [9.17, 15) is 8.42 Å². The van der Waals surface area contributed by atoms with Crippen LogP contribution in [0.3, 0.4) is 0 Å². The highest BCUT2D eigenvalue weighted by Gasteiger charge is 2.17. The highest BCUT2D eigenvalue weighted by atomic mass is 127. The van der Waals surface area contributed by atoms with E-state index in [2.05, 4.69) is 27.6 Å². The Morgan fingerprint density at radius 2 is 1.92 bits per heavy atom. The highest BCUT2D eigenvalue weighted by molar-refractivity contribution is 14.0. The third-order valence-corrected chi connectivity index (χ3v) is 5.68. The number of nitrogens with one attached hydrogen (secondary N) is 2. The lowest BCUT2D eigenvalue weighted by Crippen LogP contribution is -2.43. The van der Waals surface area contributed by atoms with E-state index in [4.69, 9.17) is 0 Å². The maximum Gasteiger partial charge on any atom is 0.191 e. The summed E-state index contributed by atoms with van der Waals surface area (Å²) in [5, 5.41) is 6.57. The molecule has 1 unspecified atom stereocenters. The molecule has 6 nitrogen and oxygen atoms in total. The van der Waals surface area contributed by atoms with Gasteiger partial charge < -0.3 is 15.5 Å². The van der Waals surface area contributed by atoms with Gasteiger partial charge in [0.05, 0.1) is 5.75 Å². The molecule has 1 aliphatic rings. The molecule has 0 aromatic heterocycles. The molecule has 0 amide bonds. The van der Waals surface area contributed by atoms with Gasteiger partial charge in [-0.25, -0.2) is 8.42 Å². The zero-order valence-corrected chi connectivity index (χ0v) is 19.4. The fraction of sp³-hybridized carbons (Fsp3) is 0.941. The molecule has 0 spiro atoms. The molecule has 0 radical (unpaired) electrons. The Balaban J connectivity index is 0.00000576. The molecular weight excluding hydrogens is 451 g/mol. The van der Waals surface area contributed by atoms with Gasteiger partial charge in [0.2, 0.25) is 0 Å². The predicted molar refractivity (Wildman–Crippen MR) is 118 cm³/mol. The molecule has 0 aromatic rings. The van der Waals surface area contributed by atoms with Crippen molar-refractivity contribution in [2.24, 2.45) is 4.99 Å². The predicted octanol–water partition coefficient (Wildman–Crippen LogP) is 2.25. The van der Waals surface area contributed by atoms with Crippen LogP contribution >= 0.6 is 24.0 Å². The van der Waals surface area contributed by atoms with Gasteiger partial charge in [0.15, 0.2) is 5.96 Å². The normalized spacial score (nSPS) is 17.9. The lowest BCUT2D eigenvalue weighted by molar-refractivity contribution is 0.190. The first-order valence-corrected chi connectivity index (χ1v) is 11.2. The van der Waals surface area contributed by atoms with Crippen molar-refractivity contribution in [2.75, 3.05) is 39.2 Å². The molecule has 150 valence electrons. The average Bonchev–Trinajstić information content (AvgIpc) is 2.55. The minimum absolute atomic E-state index is 0. The maximum absolute atomic E-state index is 11.2. The van der Waals surface area contributed by atoms with Gasteiger partial charge in [0.1, 0.15) is 9.84 Å². The van der Waals surface area contributed by atoms with Crippen LogP contribution in [0, 0.1) is 0 Å². The van der Waals surface area contributed by atoms with Crippen LogP contribution in [0.2, 0.25) is 0 Å². The van der Waals surface area contributed by atoms with E-state index in [1.165, 1.54) is 38.4 Å². The zero-order valence-electron chi connectivity index (χ0n) is 16.3. The third kappa shape index (κ3) is 12.0. The van der Waals surface area contributed by atoms with Crippen molar-refractivity contribution in [1.29, 1.82) is 0 Å². The molecule has 1 fully saturated rings. The summed E-state index contributed by atoms with van der Waals surface area (Å²) >= 11 is 0. The number of halogens is 1. The van der Waals surface area contributed by atoms with Crippen LogP contribution in [0.5, 0.6) is 0 Å². The number of rotatable bonds is 9. The Hall–Kier alpha value is -0.0900. The number of aliphatic imine (C=N–C) groups is 1. The lowest BCUT2D eigenvalue weighted by Gasteiger charge is -2.31. The Morgan fingerprint density at radius 1 is 1.28 bits per heavy atom. The fourth-order valence-corrected chi connectivity index (χ4v) is 3.91. The highest BCUT2D eigenvalue weighted by Crippen LogP contribution is 2.21. The number of hydrogen-bond acceptors (Lipinski definition) is 4. The number of nitrogens with zero attached hydrogens (tertiary/aromatic N) is 2. The molecule has 0 bridgehead atoms. The number of sulfone groups is 1. The summed E-state index contributed by atoms with van der Waals surface area (Å²) in [5.74, 6) is 0.945. The summed E-state index contributed by atoms with van der Waals surface area (Å²) in [6.07, 6.45) is 9.75. The Morgan fingerprint density at radius 3 is 2.48 bits per heavy atom. The molecule has 1 aliphatic carbocycles. The summed E-state index contributed by atoms with van der Waals surface area (Å²) in [5.41, 5.74) is 0. The summed E-state index contributed by atoms with van der Waals surface area (Å²) in [4.78, 5) is 6.70. The minimum atomic E-state index is -2.91. The largest absolute Gasteiger partial charge is 0.356 e. The molecule has 0 aromatic carbocycles. The van der Waals surface area contributed by atoms with Gasteiger partial charge in [0, 0.05) is 31.9 Å². The monoisotopic (exact) mass is 488 g/mol. The Labute approximate surface area is 171 Å². The van der Waals surface area contributed by atoms with E-state index in [0.717, 1.165) is 31.5 Å². The standard InChI is InChI=1S/C17H36N4O2S.HI/c1-15(11-14-24(4,22)23)20-17(18-2)19-12-8-13-21(3)16-9-6-5-7-10-16;/h15-16H,5-14H2,1-4H3,(H2,18,19,20);1H. The second-order valence-electron chi connectivity index (χ2n) is 7.09. The van der Waals surface area contributed by atoms with Crippen molar-refractivity contribution in [3.8, 4) is 0 Å². The van der Waals surface area contributed by atoms with Crippen molar-refractivity contribution in [1.82, 2.24) is 15.5 Å². The molecule has 25 heavy (non-hydrogen) atoms. The van der Waals surface area contributed by atoms with Crippen LogP contribution in [0.4, 0.5) is 0 Å². The van der Waals surface area contributed by atoms with E-state index in [-0.39, 0.29) is 35.8 Å². The maximum atomic E-state index is 11.2.